The molecular formula is C22H21NaO7S. The van der Waals surface area contributed by atoms with Crippen LogP contribution in [0.3, 0.4) is 0 Å². The third-order valence-corrected chi connectivity index (χ3v) is 5.28. The monoisotopic (exact) mass is 452 g/mol. The Labute approximate surface area is 202 Å². The molecule has 0 aliphatic rings. The number of hydrogen-bond acceptors (Lipinski definition) is 6. The van der Waals surface area contributed by atoms with Gasteiger partial charge in [0.15, 0.2) is 0 Å². The molecule has 0 aliphatic carbocycles. The van der Waals surface area contributed by atoms with Gasteiger partial charge in [-0.25, -0.2) is 0 Å². The molecule has 0 saturated carbocycles. The van der Waals surface area contributed by atoms with Crippen molar-refractivity contribution in [1.29, 1.82) is 0 Å². The zero-order chi connectivity index (χ0) is 21.6. The Kier molecular flexibility index (Phi) is 8.96. The van der Waals surface area contributed by atoms with E-state index in [0.29, 0.717) is 17.9 Å². The molecule has 2 N–H and O–H groups in total. The first-order chi connectivity index (χ1) is 14.3. The summed E-state index contributed by atoms with van der Waals surface area (Å²) in [6, 6.07) is 23.3. The molecule has 0 bridgehead atoms. The fraction of sp³-hybridized carbons (Fsp3) is 0.136. The van der Waals surface area contributed by atoms with Crippen LogP contribution in [0.5, 0.6) is 5.75 Å². The van der Waals surface area contributed by atoms with E-state index in [4.69, 9.17) is 9.47 Å². The molecule has 0 saturated heterocycles. The summed E-state index contributed by atoms with van der Waals surface area (Å²) in [4.78, 5) is 12.7. The Bertz CT molecular complexity index is 1090. The molecular weight excluding hydrogens is 431 g/mol. The van der Waals surface area contributed by atoms with Crippen LogP contribution in [0.15, 0.2) is 84.9 Å². The Hall–Kier alpha value is -2.04. The zero-order valence-electron chi connectivity index (χ0n) is 15.8. The molecule has 0 aliphatic heterocycles. The van der Waals surface area contributed by atoms with Crippen molar-refractivity contribution in [2.24, 2.45) is 0 Å². The first-order valence-corrected chi connectivity index (χ1v) is 10.4. The Morgan fingerprint density at radius 3 is 1.77 bits per heavy atom. The molecule has 0 heterocycles. The second-order valence-corrected chi connectivity index (χ2v) is 7.96. The van der Waals surface area contributed by atoms with Crippen molar-refractivity contribution in [3.05, 3.63) is 102 Å². The standard InChI is InChI=1S/C22H20O7S.Na.H/c23-21(22(24,30(25,26)27)29-16-18-9-5-2-6-10-18)19-11-13-20(14-12-19)28-15-17-7-3-1-4-8-17;;/h1-14,24H,15-16H2,(H,25,26,27);;. The van der Waals surface area contributed by atoms with Crippen molar-refractivity contribution >= 4 is 45.5 Å². The van der Waals surface area contributed by atoms with E-state index in [-0.39, 0.29) is 35.1 Å². The van der Waals surface area contributed by atoms with E-state index < -0.39 is 27.6 Å². The second kappa shape index (κ2) is 11.0. The van der Waals surface area contributed by atoms with Gasteiger partial charge in [0.25, 0.3) is 0 Å². The van der Waals surface area contributed by atoms with Crippen LogP contribution in [0.25, 0.3) is 0 Å². The first-order valence-electron chi connectivity index (χ1n) is 8.98. The van der Waals surface area contributed by atoms with Crippen molar-refractivity contribution < 1.29 is 32.3 Å². The van der Waals surface area contributed by atoms with Gasteiger partial charge in [-0.15, -0.1) is 0 Å². The van der Waals surface area contributed by atoms with Gasteiger partial charge in [0, 0.05) is 5.56 Å². The topological polar surface area (TPSA) is 110 Å². The fourth-order valence-electron chi connectivity index (χ4n) is 2.64. The molecule has 3 rings (SSSR count). The number of carbonyl (C=O) groups excluding carboxylic acids is 1. The van der Waals surface area contributed by atoms with Crippen LogP contribution in [0.2, 0.25) is 0 Å². The van der Waals surface area contributed by atoms with Crippen LogP contribution >= 0.6 is 0 Å². The summed E-state index contributed by atoms with van der Waals surface area (Å²) in [7, 11) is -5.29. The van der Waals surface area contributed by atoms with Gasteiger partial charge in [0.2, 0.25) is 5.78 Å². The number of Topliss-reactive ketones (excluding diaryl/α,β-unsaturated/α-hetero) is 1. The number of benzene rings is 3. The molecule has 3 aromatic carbocycles. The maximum absolute atomic E-state index is 12.7. The van der Waals surface area contributed by atoms with Crippen LogP contribution in [0.1, 0.15) is 21.5 Å². The van der Waals surface area contributed by atoms with E-state index in [1.165, 1.54) is 24.3 Å². The predicted molar refractivity (Wildman–Crippen MR) is 116 cm³/mol. The molecule has 0 radical (unpaired) electrons. The van der Waals surface area contributed by atoms with Gasteiger partial charge in [-0.2, -0.15) is 8.42 Å². The van der Waals surface area contributed by atoms with Crippen LogP contribution in [0, 0.1) is 0 Å². The number of aliphatic hydroxyl groups is 1. The minimum absolute atomic E-state index is 0. The van der Waals surface area contributed by atoms with Gasteiger partial charge >= 0.3 is 44.8 Å². The van der Waals surface area contributed by atoms with Gasteiger partial charge in [-0.05, 0) is 35.4 Å². The van der Waals surface area contributed by atoms with E-state index in [2.05, 4.69) is 0 Å². The molecule has 0 amide bonds. The van der Waals surface area contributed by atoms with E-state index in [1.807, 2.05) is 30.3 Å². The third-order valence-electron chi connectivity index (χ3n) is 4.28. The third kappa shape index (κ3) is 6.47. The van der Waals surface area contributed by atoms with Crippen molar-refractivity contribution in [3.63, 3.8) is 0 Å². The number of ether oxygens (including phenoxy) is 2. The van der Waals surface area contributed by atoms with Crippen molar-refractivity contribution in [3.8, 4) is 5.75 Å². The van der Waals surface area contributed by atoms with E-state index in [1.54, 1.807) is 30.3 Å². The predicted octanol–water partition coefficient (Wildman–Crippen LogP) is 2.55. The quantitative estimate of drug-likeness (QED) is 0.222. The van der Waals surface area contributed by atoms with E-state index >= 15 is 0 Å². The molecule has 158 valence electrons. The summed E-state index contributed by atoms with van der Waals surface area (Å²) in [5.74, 6) is -0.869. The van der Waals surface area contributed by atoms with Crippen molar-refractivity contribution in [2.75, 3.05) is 0 Å². The van der Waals surface area contributed by atoms with Crippen LogP contribution < -0.4 is 4.74 Å². The summed E-state index contributed by atoms with van der Waals surface area (Å²) in [6.45, 7) is -0.0928. The molecule has 0 spiro atoms. The average molecular weight is 452 g/mol. The Morgan fingerprint density at radius 1 is 0.806 bits per heavy atom. The molecule has 0 fully saturated rings. The average Bonchev–Trinajstić information content (AvgIpc) is 2.76. The summed E-state index contributed by atoms with van der Waals surface area (Å²) >= 11 is 0. The molecule has 7 nitrogen and oxygen atoms in total. The zero-order valence-corrected chi connectivity index (χ0v) is 16.7. The van der Waals surface area contributed by atoms with E-state index in [0.717, 1.165) is 5.56 Å². The Morgan fingerprint density at radius 2 is 1.29 bits per heavy atom. The molecule has 0 aromatic heterocycles. The van der Waals surface area contributed by atoms with Crippen LogP contribution in [-0.2, 0) is 28.1 Å². The van der Waals surface area contributed by atoms with Gasteiger partial charge < -0.3 is 14.6 Å². The van der Waals surface area contributed by atoms with Crippen molar-refractivity contribution in [1.82, 2.24) is 0 Å². The normalized spacial score (nSPS) is 13.0. The fourth-order valence-corrected chi connectivity index (χ4v) is 3.20. The van der Waals surface area contributed by atoms with Crippen molar-refractivity contribution in [2.45, 2.75) is 18.3 Å². The molecule has 9 heteroatoms. The summed E-state index contributed by atoms with van der Waals surface area (Å²) in [6.07, 6.45) is 0. The minimum atomic E-state index is -5.29. The molecule has 31 heavy (non-hydrogen) atoms. The first kappa shape index (κ1) is 25.2. The summed E-state index contributed by atoms with van der Waals surface area (Å²) in [5, 5.41) is 6.98. The number of hydrogen-bond donors (Lipinski definition) is 2. The van der Waals surface area contributed by atoms with Gasteiger partial charge in [-0.3, -0.25) is 9.35 Å². The molecule has 1 atom stereocenters. The second-order valence-electron chi connectivity index (χ2n) is 6.46. The van der Waals surface area contributed by atoms with E-state index in [9.17, 15) is 22.9 Å². The maximum atomic E-state index is 12.7. The summed E-state index contributed by atoms with van der Waals surface area (Å²) < 4.78 is 43.5. The Balaban J connectivity index is 0.00000341. The van der Waals surface area contributed by atoms with Gasteiger partial charge in [0.1, 0.15) is 12.4 Å². The molecule has 3 aromatic rings. The van der Waals surface area contributed by atoms with Crippen LogP contribution in [0.4, 0.5) is 0 Å². The van der Waals surface area contributed by atoms with Gasteiger partial charge in [-0.1, -0.05) is 60.7 Å². The molecule has 1 unspecified atom stereocenters. The number of rotatable bonds is 9. The van der Waals surface area contributed by atoms with Crippen LogP contribution in [-0.4, -0.2) is 58.5 Å². The summed E-state index contributed by atoms with van der Waals surface area (Å²) in [5.41, 5.74) is 1.29. The SMILES string of the molecule is O=C(c1ccc(OCc2ccccc2)cc1)C(O)(OCc1ccccc1)S(=O)(=O)O.[NaH]. The van der Waals surface area contributed by atoms with Gasteiger partial charge in [0.05, 0.1) is 6.61 Å². The number of ketones is 1. The number of carbonyl (C=O) groups is 1.